The zero-order chi connectivity index (χ0) is 22.5. The normalized spacial score (nSPS) is 15.9. The predicted octanol–water partition coefficient (Wildman–Crippen LogP) is 3.76. The molecule has 1 aliphatic rings. The Hall–Kier alpha value is -3.36. The van der Waals surface area contributed by atoms with Crippen molar-refractivity contribution in [3.05, 3.63) is 82.0 Å². The lowest BCUT2D eigenvalue weighted by molar-refractivity contribution is -0.384. The van der Waals surface area contributed by atoms with Gasteiger partial charge in [0.1, 0.15) is 5.82 Å². The average molecular weight is 433 g/mol. The Morgan fingerprint density at radius 1 is 1.03 bits per heavy atom. The molecular formula is C24H28N6O2. The highest BCUT2D eigenvalue weighted by atomic mass is 16.6. The van der Waals surface area contributed by atoms with Crippen molar-refractivity contribution in [2.45, 2.75) is 13.0 Å². The molecule has 1 atom stereocenters. The van der Waals surface area contributed by atoms with Gasteiger partial charge in [0.25, 0.3) is 5.69 Å². The lowest BCUT2D eigenvalue weighted by Gasteiger charge is -2.35. The van der Waals surface area contributed by atoms with Crippen LogP contribution in [0, 0.1) is 17.0 Å². The van der Waals surface area contributed by atoms with E-state index in [1.807, 2.05) is 31.2 Å². The Bertz CT molecular complexity index is 1070. The van der Waals surface area contributed by atoms with Gasteiger partial charge < -0.3 is 10.2 Å². The predicted molar refractivity (Wildman–Crippen MR) is 126 cm³/mol. The van der Waals surface area contributed by atoms with Crippen LogP contribution < -0.4 is 5.32 Å². The minimum absolute atomic E-state index is 0.0272. The molecule has 2 heterocycles. The summed E-state index contributed by atoms with van der Waals surface area (Å²) in [6, 6.07) is 18.8. The van der Waals surface area contributed by atoms with Crippen molar-refractivity contribution in [1.29, 1.82) is 0 Å². The Labute approximate surface area is 188 Å². The standard InChI is InChI=1S/C24H28N6O2/c1-18-15-23(27-24(25-18)20-9-6-10-21(16-20)30(31)32)26-22(19-7-4-3-5-8-19)17-29-13-11-28(2)12-14-29/h3-10,15-16,22H,11-14,17H2,1-2H3,(H,25,26,27). The van der Waals surface area contributed by atoms with Gasteiger partial charge in [0, 0.05) is 62.2 Å². The summed E-state index contributed by atoms with van der Waals surface area (Å²) in [5, 5.41) is 14.8. The minimum Gasteiger partial charge on any atom is -0.362 e. The molecule has 3 aromatic rings. The monoisotopic (exact) mass is 432 g/mol. The highest BCUT2D eigenvalue weighted by molar-refractivity contribution is 5.61. The first kappa shape index (κ1) is 21.9. The highest BCUT2D eigenvalue weighted by Gasteiger charge is 2.20. The van der Waals surface area contributed by atoms with Gasteiger partial charge in [0.2, 0.25) is 0 Å². The number of nitro groups is 1. The van der Waals surface area contributed by atoms with Crippen LogP contribution in [0.5, 0.6) is 0 Å². The van der Waals surface area contributed by atoms with Gasteiger partial charge in [-0.3, -0.25) is 15.0 Å². The third-order valence-corrected chi connectivity index (χ3v) is 5.73. The van der Waals surface area contributed by atoms with Crippen LogP contribution in [0.3, 0.4) is 0 Å². The van der Waals surface area contributed by atoms with Crippen molar-refractivity contribution in [2.75, 3.05) is 45.1 Å². The molecule has 1 aliphatic heterocycles. The second kappa shape index (κ2) is 9.84. The van der Waals surface area contributed by atoms with Crippen molar-refractivity contribution >= 4 is 11.5 Å². The molecule has 1 saturated heterocycles. The van der Waals surface area contributed by atoms with Crippen molar-refractivity contribution in [2.24, 2.45) is 0 Å². The number of nitrogens with one attached hydrogen (secondary N) is 1. The zero-order valence-electron chi connectivity index (χ0n) is 18.4. The lowest BCUT2D eigenvalue weighted by atomic mass is 10.1. The average Bonchev–Trinajstić information content (AvgIpc) is 2.80. The van der Waals surface area contributed by atoms with E-state index in [1.54, 1.807) is 12.1 Å². The fourth-order valence-electron chi connectivity index (χ4n) is 3.92. The number of anilines is 1. The summed E-state index contributed by atoms with van der Waals surface area (Å²) in [7, 11) is 2.16. The van der Waals surface area contributed by atoms with Gasteiger partial charge in [-0.2, -0.15) is 0 Å². The van der Waals surface area contributed by atoms with Crippen LogP contribution in [0.25, 0.3) is 11.4 Å². The molecule has 1 N–H and O–H groups in total. The number of aromatic nitrogens is 2. The number of non-ortho nitro benzene ring substituents is 1. The van der Waals surface area contributed by atoms with Crippen LogP contribution in [0.1, 0.15) is 17.3 Å². The minimum atomic E-state index is -0.403. The molecule has 8 nitrogen and oxygen atoms in total. The van der Waals surface area contributed by atoms with Crippen LogP contribution in [0.15, 0.2) is 60.7 Å². The maximum Gasteiger partial charge on any atom is 0.270 e. The van der Waals surface area contributed by atoms with E-state index in [2.05, 4.69) is 39.3 Å². The van der Waals surface area contributed by atoms with E-state index in [0.717, 1.165) is 38.4 Å². The number of nitrogens with zero attached hydrogens (tertiary/aromatic N) is 5. The molecular weight excluding hydrogens is 404 g/mol. The molecule has 2 aromatic carbocycles. The van der Waals surface area contributed by atoms with Crippen LogP contribution in [0.4, 0.5) is 11.5 Å². The molecule has 8 heteroatoms. The van der Waals surface area contributed by atoms with Gasteiger partial charge in [-0.05, 0) is 19.5 Å². The first-order chi connectivity index (χ1) is 15.5. The Morgan fingerprint density at radius 3 is 2.50 bits per heavy atom. The molecule has 0 spiro atoms. The summed E-state index contributed by atoms with van der Waals surface area (Å²) in [5.41, 5.74) is 2.65. The Balaban J connectivity index is 1.60. The summed E-state index contributed by atoms with van der Waals surface area (Å²) in [6.07, 6.45) is 0. The first-order valence-corrected chi connectivity index (χ1v) is 10.8. The van der Waals surface area contributed by atoms with E-state index in [1.165, 1.54) is 17.7 Å². The van der Waals surface area contributed by atoms with Gasteiger partial charge in [0.05, 0.1) is 11.0 Å². The molecule has 166 valence electrons. The second-order valence-corrected chi connectivity index (χ2v) is 8.24. The molecule has 0 saturated carbocycles. The summed E-state index contributed by atoms with van der Waals surface area (Å²) in [4.78, 5) is 24.8. The number of hydrogen-bond donors (Lipinski definition) is 1. The van der Waals surface area contributed by atoms with Crippen molar-refractivity contribution < 1.29 is 4.92 Å². The van der Waals surface area contributed by atoms with E-state index in [9.17, 15) is 10.1 Å². The summed E-state index contributed by atoms with van der Waals surface area (Å²) in [6.45, 7) is 6.96. The van der Waals surface area contributed by atoms with E-state index in [-0.39, 0.29) is 11.7 Å². The van der Waals surface area contributed by atoms with Crippen molar-refractivity contribution in [1.82, 2.24) is 19.8 Å². The molecule has 32 heavy (non-hydrogen) atoms. The molecule has 0 aliphatic carbocycles. The Morgan fingerprint density at radius 2 is 1.78 bits per heavy atom. The number of benzene rings is 2. The molecule has 0 amide bonds. The summed E-state index contributed by atoms with van der Waals surface area (Å²) >= 11 is 0. The van der Waals surface area contributed by atoms with E-state index in [4.69, 9.17) is 4.98 Å². The topological polar surface area (TPSA) is 87.4 Å². The zero-order valence-corrected chi connectivity index (χ0v) is 18.4. The van der Waals surface area contributed by atoms with Crippen LogP contribution >= 0.6 is 0 Å². The van der Waals surface area contributed by atoms with Gasteiger partial charge in [-0.15, -0.1) is 0 Å². The molecule has 4 rings (SSSR count). The molecule has 1 unspecified atom stereocenters. The van der Waals surface area contributed by atoms with Crippen LogP contribution in [0.2, 0.25) is 0 Å². The van der Waals surface area contributed by atoms with Gasteiger partial charge >= 0.3 is 0 Å². The van der Waals surface area contributed by atoms with Crippen LogP contribution in [-0.4, -0.2) is 64.5 Å². The van der Waals surface area contributed by atoms with Crippen molar-refractivity contribution in [3.8, 4) is 11.4 Å². The smallest absolute Gasteiger partial charge is 0.270 e. The summed E-state index contributed by atoms with van der Waals surface area (Å²) in [5.74, 6) is 1.18. The van der Waals surface area contributed by atoms with E-state index < -0.39 is 4.92 Å². The van der Waals surface area contributed by atoms with Gasteiger partial charge in [0.15, 0.2) is 5.82 Å². The number of nitro benzene ring substituents is 1. The fraction of sp³-hybridized carbons (Fsp3) is 0.333. The fourth-order valence-corrected chi connectivity index (χ4v) is 3.92. The molecule has 1 fully saturated rings. The molecule has 0 bridgehead atoms. The molecule has 1 aromatic heterocycles. The second-order valence-electron chi connectivity index (χ2n) is 8.24. The van der Waals surface area contributed by atoms with Crippen LogP contribution in [-0.2, 0) is 0 Å². The number of rotatable bonds is 7. The number of piperazine rings is 1. The van der Waals surface area contributed by atoms with Gasteiger partial charge in [-0.25, -0.2) is 9.97 Å². The maximum absolute atomic E-state index is 11.2. The van der Waals surface area contributed by atoms with Crippen molar-refractivity contribution in [3.63, 3.8) is 0 Å². The number of aryl methyl sites for hydroxylation is 1. The third-order valence-electron chi connectivity index (χ3n) is 5.73. The highest BCUT2D eigenvalue weighted by Crippen LogP contribution is 2.25. The summed E-state index contributed by atoms with van der Waals surface area (Å²) < 4.78 is 0. The molecule has 0 radical (unpaired) electrons. The number of likely N-dealkylation sites (N-methyl/N-ethyl adjacent to an activating group) is 1. The lowest BCUT2D eigenvalue weighted by Crippen LogP contribution is -2.46. The third kappa shape index (κ3) is 5.46. The number of hydrogen-bond acceptors (Lipinski definition) is 7. The largest absolute Gasteiger partial charge is 0.362 e. The SMILES string of the molecule is Cc1cc(NC(CN2CCN(C)CC2)c2ccccc2)nc(-c2cccc([N+](=O)[O-])c2)n1. The maximum atomic E-state index is 11.2. The van der Waals surface area contributed by atoms with E-state index >= 15 is 0 Å². The first-order valence-electron chi connectivity index (χ1n) is 10.8. The quantitative estimate of drug-likeness (QED) is 0.449. The Kier molecular flexibility index (Phi) is 6.72. The van der Waals surface area contributed by atoms with Gasteiger partial charge in [-0.1, -0.05) is 42.5 Å². The van der Waals surface area contributed by atoms with E-state index in [0.29, 0.717) is 17.2 Å².